The molecule has 2 heteroatoms. The molecule has 1 nitrogen and oxygen atoms in total. The molecule has 1 aliphatic heterocycles. The first-order valence-electron chi connectivity index (χ1n) is 4.72. The van der Waals surface area contributed by atoms with Crippen molar-refractivity contribution in [3.63, 3.8) is 0 Å². The van der Waals surface area contributed by atoms with Crippen LogP contribution in [0.2, 0.25) is 0 Å². The molecule has 80 valence electrons. The van der Waals surface area contributed by atoms with E-state index in [1.165, 1.54) is 24.5 Å². The summed E-state index contributed by atoms with van der Waals surface area (Å²) < 4.78 is 0. The van der Waals surface area contributed by atoms with Gasteiger partial charge in [-0.05, 0) is 23.3 Å². The third-order valence-electron chi connectivity index (χ3n) is 2.48. The summed E-state index contributed by atoms with van der Waals surface area (Å²) in [7, 11) is 0.453. The summed E-state index contributed by atoms with van der Waals surface area (Å²) in [4.78, 5) is 0. The zero-order chi connectivity index (χ0) is 9.19. The average molecular weight is 203 g/mol. The lowest BCUT2D eigenvalue weighted by Gasteiger charge is -2.24. The maximum absolute atomic E-state index is 4.16. The third kappa shape index (κ3) is 4.28. The molecule has 0 saturated carbocycles. The van der Waals surface area contributed by atoms with E-state index < -0.39 is 0 Å². The molecule has 0 bridgehead atoms. The van der Waals surface area contributed by atoms with Crippen LogP contribution < -0.4 is 5.32 Å². The van der Waals surface area contributed by atoms with Crippen LogP contribution in [0.4, 0.5) is 0 Å². The largest absolute Gasteiger partial charge is 0.314 e. The van der Waals surface area contributed by atoms with Gasteiger partial charge < -0.3 is 5.32 Å². The first kappa shape index (κ1) is 13.2. The van der Waals surface area contributed by atoms with Gasteiger partial charge in [0, 0.05) is 12.6 Å². The fourth-order valence-corrected chi connectivity index (χ4v) is 3.78. The van der Waals surface area contributed by atoms with Gasteiger partial charge in [0.15, 0.2) is 0 Å². The molecule has 1 N–H and O–H groups in total. The fourth-order valence-electron chi connectivity index (χ4n) is 1.62. The highest BCUT2D eigenvalue weighted by molar-refractivity contribution is 8.14. The molecule has 0 aromatic heterocycles. The SMILES string of the molecule is C.C=S1CCC(C)(CNC(C)C)C1. The minimum atomic E-state index is 0. The molecule has 0 aromatic rings. The van der Waals surface area contributed by atoms with Gasteiger partial charge in [-0.3, -0.25) is 0 Å². The van der Waals surface area contributed by atoms with E-state index in [1.807, 2.05) is 0 Å². The smallest absolute Gasteiger partial charge is 0.00155 e. The zero-order valence-corrected chi connectivity index (χ0v) is 9.34. The van der Waals surface area contributed by atoms with Crippen molar-refractivity contribution in [2.45, 2.75) is 40.7 Å². The van der Waals surface area contributed by atoms with Gasteiger partial charge in [-0.15, -0.1) is 0 Å². The Morgan fingerprint density at radius 3 is 2.54 bits per heavy atom. The van der Waals surface area contributed by atoms with Crippen LogP contribution in [0.15, 0.2) is 0 Å². The summed E-state index contributed by atoms with van der Waals surface area (Å²) in [5.41, 5.74) is 0.537. The maximum atomic E-state index is 4.16. The van der Waals surface area contributed by atoms with Gasteiger partial charge in [0.25, 0.3) is 0 Å². The number of nitrogens with one attached hydrogen (secondary N) is 1. The van der Waals surface area contributed by atoms with Gasteiger partial charge in [-0.1, -0.05) is 34.1 Å². The molecule has 0 amide bonds. The summed E-state index contributed by atoms with van der Waals surface area (Å²) in [5.74, 6) is 6.83. The molecule has 1 saturated heterocycles. The van der Waals surface area contributed by atoms with Crippen molar-refractivity contribution in [2.75, 3.05) is 18.1 Å². The van der Waals surface area contributed by atoms with Crippen molar-refractivity contribution in [2.24, 2.45) is 5.41 Å². The highest BCUT2D eigenvalue weighted by Crippen LogP contribution is 2.38. The monoisotopic (exact) mass is 203 g/mol. The van der Waals surface area contributed by atoms with Crippen molar-refractivity contribution < 1.29 is 0 Å². The summed E-state index contributed by atoms with van der Waals surface area (Å²) in [5, 5.41) is 3.53. The second kappa shape index (κ2) is 5.16. The summed E-state index contributed by atoms with van der Waals surface area (Å²) in [6.07, 6.45) is 1.36. The quantitative estimate of drug-likeness (QED) is 0.696. The van der Waals surface area contributed by atoms with Crippen LogP contribution in [0.3, 0.4) is 0 Å². The van der Waals surface area contributed by atoms with Gasteiger partial charge in [-0.25, -0.2) is 0 Å². The minimum Gasteiger partial charge on any atom is -0.314 e. The highest BCUT2D eigenvalue weighted by Gasteiger charge is 2.29. The Morgan fingerprint density at radius 2 is 2.15 bits per heavy atom. The molecule has 1 heterocycles. The molecule has 0 aromatic carbocycles. The molecule has 1 rings (SSSR count). The van der Waals surface area contributed by atoms with Crippen LogP contribution >= 0.6 is 10.5 Å². The summed E-state index contributed by atoms with van der Waals surface area (Å²) in [6, 6.07) is 0.619. The first-order chi connectivity index (χ1) is 5.52. The van der Waals surface area contributed by atoms with Crippen LogP contribution in [-0.2, 0) is 0 Å². The number of hydrogen-bond acceptors (Lipinski definition) is 1. The molecule has 1 fully saturated rings. The van der Waals surface area contributed by atoms with Crippen molar-refractivity contribution in [1.29, 1.82) is 0 Å². The predicted molar refractivity (Wildman–Crippen MR) is 67.0 cm³/mol. The fraction of sp³-hybridized carbons (Fsp3) is 0.909. The van der Waals surface area contributed by atoms with E-state index in [0.717, 1.165) is 0 Å². The van der Waals surface area contributed by atoms with Crippen LogP contribution in [-0.4, -0.2) is 30.0 Å². The van der Waals surface area contributed by atoms with Crippen molar-refractivity contribution >= 4 is 16.4 Å². The Labute approximate surface area is 86.2 Å². The van der Waals surface area contributed by atoms with E-state index in [1.54, 1.807) is 0 Å². The molecule has 0 aliphatic carbocycles. The van der Waals surface area contributed by atoms with Crippen molar-refractivity contribution in [3.8, 4) is 0 Å². The van der Waals surface area contributed by atoms with Crippen molar-refractivity contribution in [3.05, 3.63) is 0 Å². The molecule has 1 aliphatic rings. The van der Waals surface area contributed by atoms with E-state index in [-0.39, 0.29) is 7.43 Å². The molecule has 2 atom stereocenters. The lowest BCUT2D eigenvalue weighted by molar-refractivity contribution is 0.338. The Morgan fingerprint density at radius 1 is 1.54 bits per heavy atom. The molecule has 0 radical (unpaired) electrons. The third-order valence-corrected chi connectivity index (χ3v) is 4.37. The van der Waals surface area contributed by atoms with Gasteiger partial charge in [0.05, 0.1) is 0 Å². The predicted octanol–water partition coefficient (Wildman–Crippen LogP) is 2.73. The molecule has 2 unspecified atom stereocenters. The van der Waals surface area contributed by atoms with E-state index >= 15 is 0 Å². The van der Waals surface area contributed by atoms with E-state index in [4.69, 9.17) is 0 Å². The standard InChI is InChI=1S/C10H21NS.CH4/c1-9(2)11-7-10(3)5-6-12(4)8-10;/h9,11H,4-8H2,1-3H3;1H4. The van der Waals surface area contributed by atoms with Gasteiger partial charge >= 0.3 is 0 Å². The van der Waals surface area contributed by atoms with Crippen LogP contribution in [0.1, 0.15) is 34.6 Å². The minimum absolute atomic E-state index is 0. The van der Waals surface area contributed by atoms with Crippen molar-refractivity contribution in [1.82, 2.24) is 5.32 Å². The van der Waals surface area contributed by atoms with Crippen LogP contribution in [0.5, 0.6) is 0 Å². The number of rotatable bonds is 3. The second-order valence-electron chi connectivity index (χ2n) is 4.56. The maximum Gasteiger partial charge on any atom is 0.00155 e. The average Bonchev–Trinajstić information content (AvgIpc) is 2.29. The lowest BCUT2D eigenvalue weighted by Crippen LogP contribution is -2.35. The zero-order valence-electron chi connectivity index (χ0n) is 8.52. The first-order valence-corrected chi connectivity index (χ1v) is 6.46. The van der Waals surface area contributed by atoms with Gasteiger partial charge in [-0.2, -0.15) is 10.5 Å². The van der Waals surface area contributed by atoms with E-state index in [2.05, 4.69) is 32.0 Å². The molecular weight excluding hydrogens is 178 g/mol. The van der Waals surface area contributed by atoms with Gasteiger partial charge in [0.2, 0.25) is 0 Å². The molecular formula is C11H25NS. The Hall–Kier alpha value is 0.180. The van der Waals surface area contributed by atoms with Gasteiger partial charge in [0.1, 0.15) is 0 Å². The van der Waals surface area contributed by atoms with E-state index in [9.17, 15) is 0 Å². The lowest BCUT2D eigenvalue weighted by atomic mass is 9.90. The molecule has 13 heavy (non-hydrogen) atoms. The Kier molecular flexibility index (Phi) is 5.23. The summed E-state index contributed by atoms with van der Waals surface area (Å²) >= 11 is 0. The summed E-state index contributed by atoms with van der Waals surface area (Å²) in [6.45, 7) is 7.98. The number of hydrogen-bond donors (Lipinski definition) is 1. The highest BCUT2D eigenvalue weighted by atomic mass is 32.2. The van der Waals surface area contributed by atoms with Crippen LogP contribution in [0.25, 0.3) is 0 Å². The topological polar surface area (TPSA) is 12.0 Å². The Bertz CT molecular complexity index is 177. The Balaban J connectivity index is 0.00000144. The second-order valence-corrected chi connectivity index (χ2v) is 6.48. The van der Waals surface area contributed by atoms with Crippen LogP contribution in [0, 0.1) is 5.41 Å². The normalized spacial score (nSPS) is 33.4. The molecule has 0 spiro atoms. The van der Waals surface area contributed by atoms with E-state index in [0.29, 0.717) is 21.9 Å².